The van der Waals surface area contributed by atoms with E-state index in [1.807, 2.05) is 4.58 Å². The van der Waals surface area contributed by atoms with Gasteiger partial charge < -0.3 is 26.6 Å². The molecule has 206 valence electrons. The van der Waals surface area contributed by atoms with Gasteiger partial charge in [-0.1, -0.05) is 0 Å². The molecule has 3 heterocycles. The molecule has 0 radical (unpaired) electrons. The first-order valence-electron chi connectivity index (χ1n) is 13.2. The fourth-order valence-corrected chi connectivity index (χ4v) is 5.54. The summed E-state index contributed by atoms with van der Waals surface area (Å²) < 4.78 is 30.5. The molecule has 0 saturated carbocycles. The number of rotatable bonds is 6. The van der Waals surface area contributed by atoms with E-state index in [0.29, 0.717) is 54.8 Å². The van der Waals surface area contributed by atoms with E-state index >= 15 is 0 Å². The van der Waals surface area contributed by atoms with Gasteiger partial charge in [0.25, 0.3) is 12.3 Å². The molecule has 1 aromatic rings. The van der Waals surface area contributed by atoms with Gasteiger partial charge in [-0.25, -0.2) is 18.2 Å². The van der Waals surface area contributed by atoms with Crippen molar-refractivity contribution in [3.63, 3.8) is 0 Å². The number of allylic oxidation sites excluding steroid dienone is 1. The lowest BCUT2D eigenvalue weighted by Gasteiger charge is -2.33. The third kappa shape index (κ3) is 5.82. The molecule has 0 bridgehead atoms. The van der Waals surface area contributed by atoms with Crippen molar-refractivity contribution in [2.45, 2.75) is 44.6 Å². The van der Waals surface area contributed by atoms with Crippen molar-refractivity contribution in [3.8, 4) is 0 Å². The van der Waals surface area contributed by atoms with Gasteiger partial charge in [0.05, 0.1) is 18.7 Å². The molecule has 0 aromatic heterocycles. The number of carbonyl (C=O) groups is 1. The Morgan fingerprint density at radius 3 is 2.71 bits per heavy atom. The molecule has 1 saturated heterocycles. The minimum atomic E-state index is -2.70. The quantitative estimate of drug-likeness (QED) is 0.220. The highest BCUT2D eigenvalue weighted by Gasteiger charge is 2.32. The van der Waals surface area contributed by atoms with Crippen molar-refractivity contribution >= 4 is 29.3 Å². The average Bonchev–Trinajstić information content (AvgIpc) is 2.94. The van der Waals surface area contributed by atoms with Crippen LogP contribution in [0.15, 0.2) is 34.6 Å². The van der Waals surface area contributed by atoms with Crippen LogP contribution in [0.2, 0.25) is 0 Å². The van der Waals surface area contributed by atoms with E-state index in [1.54, 1.807) is 25.1 Å². The molecule has 0 unspecified atom stereocenters. The number of alkyl halides is 2. The van der Waals surface area contributed by atoms with Crippen molar-refractivity contribution in [1.82, 2.24) is 20.9 Å². The number of fused-ring (bicyclic) bond motifs is 1. The van der Waals surface area contributed by atoms with Gasteiger partial charge in [0, 0.05) is 62.4 Å². The molecule has 3 aliphatic rings. The number of halogens is 2. The van der Waals surface area contributed by atoms with Gasteiger partial charge in [-0.2, -0.15) is 0 Å². The van der Waals surface area contributed by atoms with Crippen LogP contribution in [-0.4, -0.2) is 80.4 Å². The summed E-state index contributed by atoms with van der Waals surface area (Å²) in [5.41, 5.74) is 16.8. The minimum Gasteiger partial charge on any atom is -0.404 e. The number of aryl methyl sites for hydroxylation is 1. The number of urea groups is 1. The van der Waals surface area contributed by atoms with E-state index in [2.05, 4.69) is 20.9 Å². The second-order valence-corrected chi connectivity index (χ2v) is 9.87. The number of amidine groups is 1. The van der Waals surface area contributed by atoms with Gasteiger partial charge in [0.1, 0.15) is 5.69 Å². The second kappa shape index (κ2) is 12.4. The maximum Gasteiger partial charge on any atom is 0.317 e. The van der Waals surface area contributed by atoms with Crippen LogP contribution < -0.4 is 27.4 Å². The van der Waals surface area contributed by atoms with Crippen LogP contribution in [-0.2, 0) is 6.42 Å². The number of nitrogens with one attached hydrogen (secondary N) is 3. The fraction of sp³-hybridized carbons (Fsp3) is 0.519. The molecule has 0 spiro atoms. The number of hydrogen-bond acceptors (Lipinski definition) is 5. The van der Waals surface area contributed by atoms with Crippen LogP contribution in [0.25, 0.3) is 5.57 Å². The van der Waals surface area contributed by atoms with Crippen LogP contribution in [0.4, 0.5) is 19.3 Å². The van der Waals surface area contributed by atoms with Crippen molar-refractivity contribution in [2.24, 2.45) is 16.5 Å². The van der Waals surface area contributed by atoms with E-state index < -0.39 is 6.43 Å². The Bertz CT molecular complexity index is 1170. The molecule has 38 heavy (non-hydrogen) atoms. The first-order chi connectivity index (χ1) is 18.4. The Kier molecular flexibility index (Phi) is 8.98. The average molecular weight is 530 g/mol. The zero-order valence-corrected chi connectivity index (χ0v) is 22.2. The molecule has 0 aliphatic carbocycles. The number of carbonyl (C=O) groups excluding carboxylic acids is 1. The Balaban J connectivity index is 1.82. The van der Waals surface area contributed by atoms with Crippen LogP contribution in [0.5, 0.6) is 0 Å². The van der Waals surface area contributed by atoms with E-state index in [9.17, 15) is 13.6 Å². The first kappa shape index (κ1) is 27.6. The second-order valence-electron chi connectivity index (χ2n) is 9.87. The van der Waals surface area contributed by atoms with E-state index in [4.69, 9.17) is 11.5 Å². The molecule has 11 heteroatoms. The zero-order chi connectivity index (χ0) is 27.2. The maximum atomic E-state index is 14.3. The highest BCUT2D eigenvalue weighted by Crippen LogP contribution is 2.36. The number of benzene rings is 1. The van der Waals surface area contributed by atoms with Gasteiger partial charge in [-0.05, 0) is 62.0 Å². The number of nitrogens with zero attached hydrogens (tertiary/aromatic N) is 3. The summed E-state index contributed by atoms with van der Waals surface area (Å²) in [5.74, 6) is 0.494. The Hall–Kier alpha value is -3.47. The molecule has 0 atom stereocenters. The van der Waals surface area contributed by atoms with Gasteiger partial charge in [0.15, 0.2) is 0 Å². The van der Waals surface area contributed by atoms with Gasteiger partial charge in [-0.3, -0.25) is 10.7 Å². The number of amides is 2. The van der Waals surface area contributed by atoms with Crippen molar-refractivity contribution in [1.29, 1.82) is 0 Å². The number of piperidine rings is 1. The van der Waals surface area contributed by atoms with Gasteiger partial charge in [0.2, 0.25) is 0 Å². The fourth-order valence-electron chi connectivity index (χ4n) is 5.54. The van der Waals surface area contributed by atoms with Crippen LogP contribution in [0.3, 0.4) is 0 Å². The molecule has 7 N–H and O–H groups in total. The largest absolute Gasteiger partial charge is 0.404 e. The summed E-state index contributed by atoms with van der Waals surface area (Å²) in [4.78, 5) is 18.2. The minimum absolute atomic E-state index is 0.113. The van der Waals surface area contributed by atoms with Crippen LogP contribution >= 0.6 is 0 Å². The third-order valence-electron chi connectivity index (χ3n) is 7.53. The standard InChI is InChI=1S/C27H38F2N8O/c1-32-15-18(14-30)20-12-17-4-3-10-37(24(17)13-21(20)25(28)29)26(31)22-16-36(27(38)33-2)11-7-23(22)35-19-5-8-34-9-6-19/h12-15,19,25,34H,3-11,16H2,1-2H3,(H5,30,31,32,33,35,38)/p+1. The molecule has 1 fully saturated rings. The van der Waals surface area contributed by atoms with Crippen molar-refractivity contribution in [3.05, 3.63) is 46.3 Å². The summed E-state index contributed by atoms with van der Waals surface area (Å²) in [6, 6.07) is 3.48. The summed E-state index contributed by atoms with van der Waals surface area (Å²) in [5, 5.41) is 9.78. The Labute approximate surface area is 222 Å². The molecule has 2 amide bonds. The van der Waals surface area contributed by atoms with Crippen molar-refractivity contribution < 1.29 is 18.2 Å². The van der Waals surface area contributed by atoms with E-state index in [-0.39, 0.29) is 11.6 Å². The first-order valence-corrected chi connectivity index (χ1v) is 13.2. The highest BCUT2D eigenvalue weighted by atomic mass is 19.3. The normalized spacial score (nSPS) is 20.7. The number of hydrogen-bond donors (Lipinski definition) is 5. The third-order valence-corrected chi connectivity index (χ3v) is 7.53. The molecular weight excluding hydrogens is 490 g/mol. The number of nitrogens with two attached hydrogens (primary N) is 2. The molecule has 3 aliphatic heterocycles. The Morgan fingerprint density at radius 2 is 2.05 bits per heavy atom. The molecule has 4 rings (SSSR count). The smallest absolute Gasteiger partial charge is 0.317 e. The van der Waals surface area contributed by atoms with Crippen LogP contribution in [0.1, 0.15) is 48.8 Å². The van der Waals surface area contributed by atoms with E-state index in [1.165, 1.54) is 18.5 Å². The summed E-state index contributed by atoms with van der Waals surface area (Å²) in [6.45, 7) is 3.42. The zero-order valence-electron chi connectivity index (χ0n) is 22.2. The predicted molar refractivity (Wildman–Crippen MR) is 147 cm³/mol. The van der Waals surface area contributed by atoms with E-state index in [0.717, 1.165) is 55.6 Å². The predicted octanol–water partition coefficient (Wildman–Crippen LogP) is 2.21. The SMILES string of the molecule is CN=C/C(=C\N)c1cc2c(cc1C(F)F)[N+](=C(N)C1=C(NC3CCNCC3)CCN(C(=O)NC)C1)CCC2. The summed E-state index contributed by atoms with van der Waals surface area (Å²) in [7, 11) is 3.19. The van der Waals surface area contributed by atoms with Crippen molar-refractivity contribution in [2.75, 3.05) is 46.8 Å². The lowest BCUT2D eigenvalue weighted by Crippen LogP contribution is -2.49. The summed E-state index contributed by atoms with van der Waals surface area (Å²) in [6.07, 6.45) is 4.30. The highest BCUT2D eigenvalue weighted by molar-refractivity contribution is 6.10. The number of aliphatic imine (C=N–C) groups is 1. The topological polar surface area (TPSA) is 124 Å². The molecule has 9 nitrogen and oxygen atoms in total. The summed E-state index contributed by atoms with van der Waals surface area (Å²) >= 11 is 0. The maximum absolute atomic E-state index is 14.3. The Morgan fingerprint density at radius 1 is 1.29 bits per heavy atom. The van der Waals surface area contributed by atoms with Crippen LogP contribution in [0, 0.1) is 0 Å². The molecule has 1 aromatic carbocycles. The monoisotopic (exact) mass is 529 g/mol. The lowest BCUT2D eigenvalue weighted by molar-refractivity contribution is -0.447. The van der Waals surface area contributed by atoms with Gasteiger partial charge >= 0.3 is 6.03 Å². The molecular formula is C27H39F2N8O+. The van der Waals surface area contributed by atoms with Gasteiger partial charge in [-0.15, -0.1) is 0 Å². The lowest BCUT2D eigenvalue weighted by atomic mass is 9.92.